The molecule has 0 spiro atoms. The van der Waals surface area contributed by atoms with E-state index in [1.54, 1.807) is 36.4 Å². The van der Waals surface area contributed by atoms with E-state index in [2.05, 4.69) is 17.2 Å². The first kappa shape index (κ1) is 21.1. The van der Waals surface area contributed by atoms with Gasteiger partial charge in [-0.15, -0.1) is 0 Å². The number of imide groups is 1. The van der Waals surface area contributed by atoms with Crippen LogP contribution in [0.5, 0.6) is 0 Å². The molecule has 7 heteroatoms. The molecule has 2 amide bonds. The Hall–Kier alpha value is -2.62. The third kappa shape index (κ3) is 4.36. The van der Waals surface area contributed by atoms with Crippen molar-refractivity contribution in [1.82, 2.24) is 5.32 Å². The Morgan fingerprint density at radius 2 is 1.72 bits per heavy atom. The fourth-order valence-corrected chi connectivity index (χ4v) is 5.38. The highest BCUT2D eigenvalue weighted by atomic mass is 35.5. The molecule has 5 nitrogen and oxygen atoms in total. The Labute approximate surface area is 175 Å². The summed E-state index contributed by atoms with van der Waals surface area (Å²) in [6, 6.07) is 13.4. The van der Waals surface area contributed by atoms with Gasteiger partial charge in [0.2, 0.25) is 11.8 Å². The number of halogens is 1. The van der Waals surface area contributed by atoms with Gasteiger partial charge in [0.05, 0.1) is 11.3 Å². The zero-order valence-corrected chi connectivity index (χ0v) is 17.4. The number of benzene rings is 2. The molecule has 0 saturated carbocycles. The summed E-state index contributed by atoms with van der Waals surface area (Å²) >= 11 is 5.84. The fourth-order valence-electron chi connectivity index (χ4n) is 3.28. The second kappa shape index (κ2) is 8.40. The topological polar surface area (TPSA) is 80.3 Å². The molecular formula is C22H20ClNO4S. The molecule has 1 unspecified atom stereocenters. The minimum absolute atomic E-state index is 0.0239. The third-order valence-corrected chi connectivity index (χ3v) is 7.63. The molecule has 150 valence electrons. The van der Waals surface area contributed by atoms with Gasteiger partial charge in [-0.25, -0.2) is 8.42 Å². The van der Waals surface area contributed by atoms with Crippen LogP contribution in [-0.4, -0.2) is 25.0 Å². The van der Waals surface area contributed by atoms with Crippen LogP contribution in [-0.2, 0) is 19.4 Å². The molecular weight excluding hydrogens is 410 g/mol. The van der Waals surface area contributed by atoms with E-state index in [-0.39, 0.29) is 17.7 Å². The normalized spacial score (nSPS) is 18.8. The van der Waals surface area contributed by atoms with Crippen molar-refractivity contribution in [3.63, 3.8) is 0 Å². The Kier molecular flexibility index (Phi) is 6.11. The molecule has 0 bridgehead atoms. The summed E-state index contributed by atoms with van der Waals surface area (Å²) in [6.07, 6.45) is 0.421. The first-order valence-electron chi connectivity index (χ1n) is 9.15. The maximum absolute atomic E-state index is 13.3. The zero-order valence-electron chi connectivity index (χ0n) is 15.9. The maximum atomic E-state index is 13.3. The van der Waals surface area contributed by atoms with Gasteiger partial charge in [-0.1, -0.05) is 41.1 Å². The lowest BCUT2D eigenvalue weighted by molar-refractivity contribution is -0.125. The molecule has 1 aliphatic heterocycles. The quantitative estimate of drug-likeness (QED) is 0.448. The van der Waals surface area contributed by atoms with Crippen molar-refractivity contribution in [2.75, 3.05) is 0 Å². The summed E-state index contributed by atoms with van der Waals surface area (Å²) < 4.78 is 24.8. The minimum atomic E-state index is -4.04. The van der Waals surface area contributed by atoms with Gasteiger partial charge in [0, 0.05) is 17.0 Å². The summed E-state index contributed by atoms with van der Waals surface area (Å²) in [6.45, 7) is 1.84. The molecule has 3 rings (SSSR count). The molecule has 1 N–H and O–H groups in total. The number of nitrogens with one attached hydrogen (secondary N) is 1. The van der Waals surface area contributed by atoms with Gasteiger partial charge < -0.3 is 0 Å². The molecule has 1 fully saturated rings. The van der Waals surface area contributed by atoms with E-state index in [1.807, 2.05) is 6.92 Å². The van der Waals surface area contributed by atoms with Crippen LogP contribution in [0.25, 0.3) is 0 Å². The van der Waals surface area contributed by atoms with Gasteiger partial charge in [-0.05, 0) is 56.2 Å². The smallest absolute Gasteiger partial charge is 0.248 e. The first-order valence-corrected chi connectivity index (χ1v) is 11.0. The number of hydrogen-bond acceptors (Lipinski definition) is 4. The lowest BCUT2D eigenvalue weighted by atomic mass is 9.99. The van der Waals surface area contributed by atoms with E-state index >= 15 is 0 Å². The van der Waals surface area contributed by atoms with Crippen LogP contribution in [0.2, 0.25) is 5.02 Å². The standard InChI is InChI=1S/C22H20ClNO4S/c1-16-6-12-19(13-7-16)29(27,28)22(15-20(25)24-21(22)26)14-4-2-3-5-17-8-10-18(23)11-9-17/h6-13H,2,4,14-15H2,1H3,(H,24,25,26). The van der Waals surface area contributed by atoms with Gasteiger partial charge in [0.1, 0.15) is 0 Å². The molecule has 1 saturated heterocycles. The maximum Gasteiger partial charge on any atom is 0.248 e. The van der Waals surface area contributed by atoms with Crippen molar-refractivity contribution in [3.05, 3.63) is 64.7 Å². The average molecular weight is 430 g/mol. The van der Waals surface area contributed by atoms with E-state index in [9.17, 15) is 18.0 Å². The van der Waals surface area contributed by atoms with E-state index in [0.717, 1.165) is 11.1 Å². The van der Waals surface area contributed by atoms with E-state index in [1.165, 1.54) is 12.1 Å². The summed E-state index contributed by atoms with van der Waals surface area (Å²) in [5.74, 6) is 4.64. The Morgan fingerprint density at radius 1 is 1.07 bits per heavy atom. The fraction of sp³-hybridized carbons (Fsp3) is 0.273. The van der Waals surface area contributed by atoms with E-state index in [4.69, 9.17) is 11.6 Å². The van der Waals surface area contributed by atoms with Crippen LogP contribution >= 0.6 is 11.6 Å². The molecule has 0 radical (unpaired) electrons. The largest absolute Gasteiger partial charge is 0.295 e. The van der Waals surface area contributed by atoms with Crippen LogP contribution in [0.1, 0.15) is 36.8 Å². The summed E-state index contributed by atoms with van der Waals surface area (Å²) in [5, 5.41) is 2.78. The highest BCUT2D eigenvalue weighted by Gasteiger charge is 2.56. The first-order chi connectivity index (χ1) is 13.7. The minimum Gasteiger partial charge on any atom is -0.295 e. The second-order valence-corrected chi connectivity index (χ2v) is 9.72. The van der Waals surface area contributed by atoms with E-state index < -0.39 is 26.4 Å². The molecule has 1 atom stereocenters. The molecule has 1 aliphatic rings. The predicted octanol–water partition coefficient (Wildman–Crippen LogP) is 3.43. The van der Waals surface area contributed by atoms with Crippen molar-refractivity contribution >= 4 is 33.3 Å². The van der Waals surface area contributed by atoms with Gasteiger partial charge in [-0.3, -0.25) is 14.9 Å². The average Bonchev–Trinajstić information content (AvgIpc) is 2.98. The molecule has 1 heterocycles. The summed E-state index contributed by atoms with van der Waals surface area (Å²) in [5.41, 5.74) is 1.70. The summed E-state index contributed by atoms with van der Waals surface area (Å²) in [7, 11) is -4.04. The SMILES string of the molecule is Cc1ccc(S(=O)(=O)C2(CCCC#Cc3ccc(Cl)cc3)CC(=O)NC2=O)cc1. The summed E-state index contributed by atoms with van der Waals surface area (Å²) in [4.78, 5) is 24.5. The molecule has 2 aromatic rings. The Bertz CT molecular complexity index is 1100. The van der Waals surface area contributed by atoms with Crippen molar-refractivity contribution < 1.29 is 18.0 Å². The van der Waals surface area contributed by atoms with Crippen molar-refractivity contribution in [1.29, 1.82) is 0 Å². The Balaban J connectivity index is 1.79. The van der Waals surface area contributed by atoms with Gasteiger partial charge >= 0.3 is 0 Å². The number of aryl methyl sites for hydroxylation is 1. The van der Waals surface area contributed by atoms with Crippen molar-refractivity contribution in [2.45, 2.75) is 42.2 Å². The van der Waals surface area contributed by atoms with Crippen LogP contribution in [0.3, 0.4) is 0 Å². The van der Waals surface area contributed by atoms with Crippen LogP contribution in [0, 0.1) is 18.8 Å². The number of carbonyl (C=O) groups excluding carboxylic acids is 2. The highest BCUT2D eigenvalue weighted by Crippen LogP contribution is 2.37. The number of carbonyl (C=O) groups is 2. The third-order valence-electron chi connectivity index (χ3n) is 4.92. The predicted molar refractivity (Wildman–Crippen MR) is 111 cm³/mol. The van der Waals surface area contributed by atoms with Gasteiger partial charge in [0.25, 0.3) is 0 Å². The van der Waals surface area contributed by atoms with Crippen LogP contribution in [0.15, 0.2) is 53.4 Å². The van der Waals surface area contributed by atoms with Crippen LogP contribution in [0.4, 0.5) is 0 Å². The van der Waals surface area contributed by atoms with Crippen LogP contribution < -0.4 is 5.32 Å². The van der Waals surface area contributed by atoms with Gasteiger partial charge in [0.15, 0.2) is 14.6 Å². The lowest BCUT2D eigenvalue weighted by Gasteiger charge is -2.25. The number of rotatable bonds is 5. The van der Waals surface area contributed by atoms with Gasteiger partial charge in [-0.2, -0.15) is 0 Å². The number of amides is 2. The molecule has 29 heavy (non-hydrogen) atoms. The number of unbranched alkanes of at least 4 members (excludes halogenated alkanes) is 1. The Morgan fingerprint density at radius 3 is 2.31 bits per heavy atom. The van der Waals surface area contributed by atoms with Crippen molar-refractivity contribution in [2.24, 2.45) is 0 Å². The van der Waals surface area contributed by atoms with E-state index in [0.29, 0.717) is 17.9 Å². The zero-order chi connectivity index (χ0) is 21.1. The monoisotopic (exact) mass is 429 g/mol. The van der Waals surface area contributed by atoms with Crippen molar-refractivity contribution in [3.8, 4) is 11.8 Å². The molecule has 2 aromatic carbocycles. The highest BCUT2D eigenvalue weighted by molar-refractivity contribution is 7.93. The second-order valence-electron chi connectivity index (χ2n) is 7.03. The lowest BCUT2D eigenvalue weighted by Crippen LogP contribution is -2.45. The molecule has 0 aromatic heterocycles. The number of hydrogen-bond donors (Lipinski definition) is 1. The number of sulfone groups is 1. The molecule has 0 aliphatic carbocycles.